The predicted octanol–water partition coefficient (Wildman–Crippen LogP) is 1.56. The van der Waals surface area contributed by atoms with Crippen molar-refractivity contribution in [3.63, 3.8) is 0 Å². The molecule has 0 saturated heterocycles. The van der Waals surface area contributed by atoms with Crippen LogP contribution in [0.5, 0.6) is 0 Å². The fourth-order valence-electron chi connectivity index (χ4n) is 1.61. The molecule has 1 heterocycles. The highest BCUT2D eigenvalue weighted by Crippen LogP contribution is 2.08. The van der Waals surface area contributed by atoms with E-state index in [-0.39, 0.29) is 0 Å². The number of hydrogen-bond acceptors (Lipinski definition) is 3. The van der Waals surface area contributed by atoms with Crippen LogP contribution in [0.3, 0.4) is 0 Å². The molecule has 0 aromatic carbocycles. The Bertz CT molecular complexity index is 299. The summed E-state index contributed by atoms with van der Waals surface area (Å²) in [6.07, 6.45) is 4.85. The molecule has 0 radical (unpaired) electrons. The molecule has 3 nitrogen and oxygen atoms in total. The maximum absolute atomic E-state index is 5.55. The number of hydrogen-bond donors (Lipinski definition) is 1. The average Bonchev–Trinajstić information content (AvgIpc) is 2.18. The van der Waals surface area contributed by atoms with Gasteiger partial charge in [0.2, 0.25) is 0 Å². The summed E-state index contributed by atoms with van der Waals surface area (Å²) in [7, 11) is 2.13. The Kier molecular flexibility index (Phi) is 4.72. The number of aromatic nitrogens is 1. The van der Waals surface area contributed by atoms with E-state index in [1.165, 1.54) is 11.1 Å². The quantitative estimate of drug-likeness (QED) is 0.796. The molecule has 0 fully saturated rings. The van der Waals surface area contributed by atoms with Crippen molar-refractivity contribution in [3.05, 3.63) is 29.6 Å². The van der Waals surface area contributed by atoms with Crippen molar-refractivity contribution in [1.29, 1.82) is 0 Å². The van der Waals surface area contributed by atoms with E-state index in [1.807, 2.05) is 12.4 Å². The van der Waals surface area contributed by atoms with Gasteiger partial charge in [-0.15, -0.1) is 0 Å². The fourth-order valence-corrected chi connectivity index (χ4v) is 1.61. The van der Waals surface area contributed by atoms with Crippen molar-refractivity contribution in [2.75, 3.05) is 13.6 Å². The lowest BCUT2D eigenvalue weighted by molar-refractivity contribution is 0.240. The Morgan fingerprint density at radius 1 is 1.47 bits per heavy atom. The maximum Gasteiger partial charge on any atom is 0.0313 e. The lowest BCUT2D eigenvalue weighted by Gasteiger charge is -2.24. The van der Waals surface area contributed by atoms with E-state index in [9.17, 15) is 0 Å². The van der Waals surface area contributed by atoms with Gasteiger partial charge in [0.25, 0.3) is 0 Å². The van der Waals surface area contributed by atoms with E-state index in [2.05, 4.69) is 36.8 Å². The highest BCUT2D eigenvalue weighted by Gasteiger charge is 2.08. The number of nitrogens with two attached hydrogens (primary N) is 1. The second-order valence-corrected chi connectivity index (χ2v) is 4.21. The molecular formula is C12H21N3. The zero-order valence-corrected chi connectivity index (χ0v) is 9.90. The molecule has 0 saturated carbocycles. The summed E-state index contributed by atoms with van der Waals surface area (Å²) < 4.78 is 0. The molecule has 0 bridgehead atoms. The SMILES string of the molecule is Cc1cncc(CN(C)C(C)CCN)c1. The van der Waals surface area contributed by atoms with Gasteiger partial charge in [0.05, 0.1) is 0 Å². The van der Waals surface area contributed by atoms with Crippen molar-refractivity contribution in [2.24, 2.45) is 5.73 Å². The van der Waals surface area contributed by atoms with Crippen molar-refractivity contribution >= 4 is 0 Å². The Morgan fingerprint density at radius 2 is 2.20 bits per heavy atom. The summed E-state index contributed by atoms with van der Waals surface area (Å²) in [5.74, 6) is 0. The molecule has 1 aromatic heterocycles. The molecule has 0 aliphatic heterocycles. The Morgan fingerprint density at radius 3 is 2.80 bits per heavy atom. The van der Waals surface area contributed by atoms with Crippen LogP contribution in [0.4, 0.5) is 0 Å². The largest absolute Gasteiger partial charge is 0.330 e. The number of aryl methyl sites for hydroxylation is 1. The molecule has 0 amide bonds. The molecule has 15 heavy (non-hydrogen) atoms. The molecule has 3 heteroatoms. The second kappa shape index (κ2) is 5.83. The molecule has 0 aliphatic carbocycles. The van der Waals surface area contributed by atoms with Gasteiger partial charge in [-0.2, -0.15) is 0 Å². The summed E-state index contributed by atoms with van der Waals surface area (Å²) in [5.41, 5.74) is 8.03. The smallest absolute Gasteiger partial charge is 0.0313 e. The monoisotopic (exact) mass is 207 g/mol. The third kappa shape index (κ3) is 3.98. The van der Waals surface area contributed by atoms with Crippen LogP contribution < -0.4 is 5.73 Å². The maximum atomic E-state index is 5.55. The van der Waals surface area contributed by atoms with Crippen LogP contribution in [-0.4, -0.2) is 29.5 Å². The van der Waals surface area contributed by atoms with E-state index < -0.39 is 0 Å². The average molecular weight is 207 g/mol. The molecule has 84 valence electrons. The summed E-state index contributed by atoms with van der Waals surface area (Å²) in [4.78, 5) is 6.50. The molecule has 1 aromatic rings. The third-order valence-electron chi connectivity index (χ3n) is 2.70. The summed E-state index contributed by atoms with van der Waals surface area (Å²) in [6, 6.07) is 2.70. The number of pyridine rings is 1. The zero-order chi connectivity index (χ0) is 11.3. The van der Waals surface area contributed by atoms with Gasteiger partial charge in [0.15, 0.2) is 0 Å². The molecule has 1 atom stereocenters. The van der Waals surface area contributed by atoms with Crippen LogP contribution in [0.1, 0.15) is 24.5 Å². The van der Waals surface area contributed by atoms with Crippen LogP contribution >= 0.6 is 0 Å². The summed E-state index contributed by atoms with van der Waals surface area (Å²) in [6.45, 7) is 5.96. The van der Waals surface area contributed by atoms with Crippen LogP contribution in [0, 0.1) is 6.92 Å². The first-order chi connectivity index (χ1) is 7.13. The van der Waals surface area contributed by atoms with E-state index >= 15 is 0 Å². The molecular weight excluding hydrogens is 186 g/mol. The van der Waals surface area contributed by atoms with Gasteiger partial charge in [-0.05, 0) is 45.0 Å². The minimum atomic E-state index is 0.524. The first-order valence-electron chi connectivity index (χ1n) is 5.44. The van der Waals surface area contributed by atoms with E-state index in [4.69, 9.17) is 5.73 Å². The normalized spacial score (nSPS) is 13.1. The minimum absolute atomic E-state index is 0.524. The standard InChI is InChI=1S/C12H21N3/c1-10-6-12(8-14-7-10)9-15(3)11(2)4-5-13/h6-8,11H,4-5,9,13H2,1-3H3. The van der Waals surface area contributed by atoms with Gasteiger partial charge in [-0.25, -0.2) is 0 Å². The Balaban J connectivity index is 2.54. The Hall–Kier alpha value is -0.930. The van der Waals surface area contributed by atoms with Crippen molar-refractivity contribution in [1.82, 2.24) is 9.88 Å². The van der Waals surface area contributed by atoms with Gasteiger partial charge < -0.3 is 5.73 Å². The minimum Gasteiger partial charge on any atom is -0.330 e. The van der Waals surface area contributed by atoms with Gasteiger partial charge in [0.1, 0.15) is 0 Å². The summed E-state index contributed by atoms with van der Waals surface area (Å²) >= 11 is 0. The predicted molar refractivity (Wildman–Crippen MR) is 63.6 cm³/mol. The highest BCUT2D eigenvalue weighted by molar-refractivity contribution is 5.16. The number of nitrogens with zero attached hydrogens (tertiary/aromatic N) is 2. The van der Waals surface area contributed by atoms with E-state index in [1.54, 1.807) is 0 Å². The lowest BCUT2D eigenvalue weighted by Crippen LogP contribution is -2.30. The van der Waals surface area contributed by atoms with Crippen molar-refractivity contribution in [3.8, 4) is 0 Å². The fraction of sp³-hybridized carbons (Fsp3) is 0.583. The van der Waals surface area contributed by atoms with Gasteiger partial charge in [0, 0.05) is 25.0 Å². The van der Waals surface area contributed by atoms with E-state index in [0.29, 0.717) is 6.04 Å². The van der Waals surface area contributed by atoms with Crippen LogP contribution in [0.15, 0.2) is 18.5 Å². The molecule has 0 spiro atoms. The third-order valence-corrected chi connectivity index (χ3v) is 2.70. The van der Waals surface area contributed by atoms with Gasteiger partial charge in [-0.1, -0.05) is 6.07 Å². The molecule has 2 N–H and O–H groups in total. The number of rotatable bonds is 5. The van der Waals surface area contributed by atoms with Gasteiger partial charge in [-0.3, -0.25) is 9.88 Å². The van der Waals surface area contributed by atoms with Crippen LogP contribution in [-0.2, 0) is 6.54 Å². The topological polar surface area (TPSA) is 42.2 Å². The first kappa shape index (κ1) is 12.1. The first-order valence-corrected chi connectivity index (χ1v) is 5.44. The Labute approximate surface area is 92.3 Å². The van der Waals surface area contributed by atoms with Crippen LogP contribution in [0.25, 0.3) is 0 Å². The zero-order valence-electron chi connectivity index (χ0n) is 9.90. The second-order valence-electron chi connectivity index (χ2n) is 4.21. The lowest BCUT2D eigenvalue weighted by atomic mass is 10.1. The van der Waals surface area contributed by atoms with Crippen LogP contribution in [0.2, 0.25) is 0 Å². The summed E-state index contributed by atoms with van der Waals surface area (Å²) in [5, 5.41) is 0. The molecule has 1 unspecified atom stereocenters. The molecule has 0 aliphatic rings. The molecule has 1 rings (SSSR count). The van der Waals surface area contributed by atoms with Crippen molar-refractivity contribution in [2.45, 2.75) is 32.9 Å². The van der Waals surface area contributed by atoms with Gasteiger partial charge >= 0.3 is 0 Å². The van der Waals surface area contributed by atoms with Crippen molar-refractivity contribution < 1.29 is 0 Å². The highest BCUT2D eigenvalue weighted by atomic mass is 15.1. The van der Waals surface area contributed by atoms with E-state index in [0.717, 1.165) is 19.5 Å².